The van der Waals surface area contributed by atoms with Crippen LogP contribution in [0.3, 0.4) is 0 Å². The zero-order chi connectivity index (χ0) is 27.0. The summed E-state index contributed by atoms with van der Waals surface area (Å²) < 4.78 is 19.0. The maximum Gasteiger partial charge on any atom is 0.410 e. The average Bonchev–Trinajstić information content (AvgIpc) is 3.54. The molecule has 1 atom stereocenters. The van der Waals surface area contributed by atoms with E-state index in [4.69, 9.17) is 19.2 Å². The molecule has 204 valence electrons. The predicted octanol–water partition coefficient (Wildman–Crippen LogP) is 5.00. The molecule has 0 radical (unpaired) electrons. The normalized spacial score (nSPS) is 18.7. The maximum absolute atomic E-state index is 13.3. The summed E-state index contributed by atoms with van der Waals surface area (Å²) in [5.41, 5.74) is 1.82. The predicted molar refractivity (Wildman–Crippen MR) is 144 cm³/mol. The number of rotatable bonds is 5. The van der Waals surface area contributed by atoms with Gasteiger partial charge in [-0.1, -0.05) is 19.3 Å². The summed E-state index contributed by atoms with van der Waals surface area (Å²) in [6.07, 6.45) is 5.65. The van der Waals surface area contributed by atoms with Crippen molar-refractivity contribution in [3.05, 3.63) is 34.2 Å². The van der Waals surface area contributed by atoms with Crippen molar-refractivity contribution in [2.75, 3.05) is 20.2 Å². The quantitative estimate of drug-likeness (QED) is 0.501. The third-order valence-corrected chi connectivity index (χ3v) is 7.17. The molecule has 1 saturated carbocycles. The van der Waals surface area contributed by atoms with Crippen LogP contribution in [0.15, 0.2) is 23.0 Å². The molecule has 2 aliphatic rings. The van der Waals surface area contributed by atoms with Gasteiger partial charge in [0.05, 0.1) is 31.0 Å². The van der Waals surface area contributed by atoms with Gasteiger partial charge < -0.3 is 24.1 Å². The average molecular weight is 524 g/mol. The van der Waals surface area contributed by atoms with Gasteiger partial charge in [0.25, 0.3) is 5.56 Å². The summed E-state index contributed by atoms with van der Waals surface area (Å²) in [5.74, 6) is 1.75. The Morgan fingerprint density at radius 2 is 1.89 bits per heavy atom. The van der Waals surface area contributed by atoms with E-state index in [2.05, 4.69) is 10.1 Å². The molecule has 38 heavy (non-hydrogen) atoms. The van der Waals surface area contributed by atoms with Gasteiger partial charge in [-0.05, 0) is 52.7 Å². The Morgan fingerprint density at radius 1 is 1.13 bits per heavy atom. The highest BCUT2D eigenvalue weighted by Gasteiger charge is 2.31. The first-order chi connectivity index (χ1) is 18.1. The van der Waals surface area contributed by atoms with Crippen LogP contribution in [0, 0.1) is 6.92 Å². The van der Waals surface area contributed by atoms with Gasteiger partial charge in [-0.25, -0.2) is 14.5 Å². The number of likely N-dealkylation sites (tertiary alicyclic amines) is 1. The number of hydrogen-bond acceptors (Lipinski definition) is 7. The van der Waals surface area contributed by atoms with Crippen molar-refractivity contribution < 1.29 is 19.0 Å². The van der Waals surface area contributed by atoms with Crippen LogP contribution in [0.25, 0.3) is 22.4 Å². The molecule has 1 amide bonds. The van der Waals surface area contributed by atoms with Gasteiger partial charge in [-0.2, -0.15) is 5.10 Å². The van der Waals surface area contributed by atoms with Crippen molar-refractivity contribution in [2.24, 2.45) is 0 Å². The van der Waals surface area contributed by atoms with E-state index in [1.54, 1.807) is 16.7 Å². The van der Waals surface area contributed by atoms with Crippen LogP contribution in [-0.2, 0) is 4.74 Å². The van der Waals surface area contributed by atoms with Gasteiger partial charge in [0.2, 0.25) is 0 Å². The Bertz CT molecular complexity index is 1380. The number of aromatic nitrogens is 4. The van der Waals surface area contributed by atoms with Gasteiger partial charge in [0, 0.05) is 19.0 Å². The number of benzene rings is 1. The van der Waals surface area contributed by atoms with Gasteiger partial charge in [0.1, 0.15) is 40.1 Å². The lowest BCUT2D eigenvalue weighted by Crippen LogP contribution is -2.36. The molecular formula is C28H37N5O5. The Balaban J connectivity index is 1.36. The number of aryl methyl sites for hydroxylation is 1. The highest BCUT2D eigenvalue weighted by Crippen LogP contribution is 2.34. The number of hydrogen-bond donors (Lipinski definition) is 1. The fourth-order valence-corrected chi connectivity index (χ4v) is 5.31. The number of nitrogens with zero attached hydrogens (tertiary/aromatic N) is 4. The topological polar surface area (TPSA) is 112 Å². The maximum atomic E-state index is 13.3. The van der Waals surface area contributed by atoms with Crippen molar-refractivity contribution in [1.29, 1.82) is 0 Å². The van der Waals surface area contributed by atoms with E-state index < -0.39 is 5.60 Å². The van der Waals surface area contributed by atoms with E-state index in [1.165, 1.54) is 6.42 Å². The van der Waals surface area contributed by atoms with Crippen LogP contribution in [0.4, 0.5) is 4.79 Å². The molecule has 10 heteroatoms. The molecule has 0 bridgehead atoms. The van der Waals surface area contributed by atoms with E-state index >= 15 is 0 Å². The van der Waals surface area contributed by atoms with Gasteiger partial charge in [-0.3, -0.25) is 4.79 Å². The number of aromatic amines is 1. The van der Waals surface area contributed by atoms with Crippen molar-refractivity contribution in [3.63, 3.8) is 0 Å². The van der Waals surface area contributed by atoms with Crippen LogP contribution in [0.5, 0.6) is 11.5 Å². The van der Waals surface area contributed by atoms with Crippen LogP contribution >= 0.6 is 0 Å². The minimum atomic E-state index is -0.534. The van der Waals surface area contributed by atoms with E-state index in [0.717, 1.165) is 36.9 Å². The first-order valence-corrected chi connectivity index (χ1v) is 13.4. The number of ether oxygens (including phenoxy) is 3. The van der Waals surface area contributed by atoms with Crippen LogP contribution < -0.4 is 15.0 Å². The lowest BCUT2D eigenvalue weighted by atomic mass is 9.95. The van der Waals surface area contributed by atoms with E-state index in [1.807, 2.05) is 45.9 Å². The minimum Gasteiger partial charge on any atom is -0.496 e. The Hall–Kier alpha value is -3.56. The smallest absolute Gasteiger partial charge is 0.410 e. The third kappa shape index (κ3) is 5.35. The lowest BCUT2D eigenvalue weighted by Gasteiger charge is -2.24. The number of imidazole rings is 1. The molecular weight excluding hydrogens is 486 g/mol. The lowest BCUT2D eigenvalue weighted by molar-refractivity contribution is 0.0275. The molecule has 0 spiro atoms. The number of nitrogens with one attached hydrogen (secondary N) is 1. The molecule has 10 nitrogen and oxygen atoms in total. The van der Waals surface area contributed by atoms with E-state index in [9.17, 15) is 9.59 Å². The van der Waals surface area contributed by atoms with Gasteiger partial charge in [0.15, 0.2) is 0 Å². The van der Waals surface area contributed by atoms with E-state index in [-0.39, 0.29) is 23.8 Å². The molecule has 1 aliphatic carbocycles. The Morgan fingerprint density at radius 3 is 2.61 bits per heavy atom. The minimum absolute atomic E-state index is 0.133. The first kappa shape index (κ1) is 26.1. The molecule has 3 aromatic rings. The standard InChI is InChI=1S/C28H37N5O5/c1-17-23-24(26(34)33(31-17)18-9-7-6-8-10-18)30-25(29-23)21-12-11-19(15-22(21)36-5)37-20-13-14-32(16-20)27(35)38-28(2,3)4/h11-12,15,18,20H,6-10,13-14,16H2,1-5H3,(H,29,30). The Kier molecular flexibility index (Phi) is 7.07. The third-order valence-electron chi connectivity index (χ3n) is 7.17. The number of carbonyl (C=O) groups is 1. The molecule has 1 unspecified atom stereocenters. The summed E-state index contributed by atoms with van der Waals surface area (Å²) >= 11 is 0. The van der Waals surface area contributed by atoms with Crippen molar-refractivity contribution in [3.8, 4) is 22.9 Å². The fraction of sp³-hybridized carbons (Fsp3) is 0.571. The zero-order valence-corrected chi connectivity index (χ0v) is 22.9. The number of fused-ring (bicyclic) bond motifs is 1. The number of methoxy groups -OCH3 is 1. The highest BCUT2D eigenvalue weighted by atomic mass is 16.6. The summed E-state index contributed by atoms with van der Waals surface area (Å²) in [4.78, 5) is 35.3. The molecule has 1 aliphatic heterocycles. The summed E-state index contributed by atoms with van der Waals surface area (Å²) in [5, 5.41) is 4.62. The van der Waals surface area contributed by atoms with Crippen molar-refractivity contribution >= 4 is 17.1 Å². The number of carbonyl (C=O) groups excluding carboxylic acids is 1. The molecule has 5 rings (SSSR count). The molecule has 1 N–H and O–H groups in total. The number of H-pyrrole nitrogens is 1. The van der Waals surface area contributed by atoms with Crippen LogP contribution in [0.1, 0.15) is 71.0 Å². The summed E-state index contributed by atoms with van der Waals surface area (Å²) in [6, 6.07) is 5.67. The Labute approximate surface area is 222 Å². The molecule has 1 aromatic carbocycles. The zero-order valence-electron chi connectivity index (χ0n) is 22.9. The molecule has 1 saturated heterocycles. The first-order valence-electron chi connectivity index (χ1n) is 13.4. The second-order valence-corrected chi connectivity index (χ2v) is 11.3. The fourth-order valence-electron chi connectivity index (χ4n) is 5.31. The largest absolute Gasteiger partial charge is 0.496 e. The van der Waals surface area contributed by atoms with Crippen LogP contribution in [-0.4, -0.2) is 62.6 Å². The van der Waals surface area contributed by atoms with Crippen LogP contribution in [0.2, 0.25) is 0 Å². The summed E-state index contributed by atoms with van der Waals surface area (Å²) in [6.45, 7) is 8.50. The van der Waals surface area contributed by atoms with Crippen molar-refractivity contribution in [1.82, 2.24) is 24.6 Å². The molecule has 3 heterocycles. The molecule has 2 fully saturated rings. The van der Waals surface area contributed by atoms with Crippen molar-refractivity contribution in [2.45, 2.75) is 84.0 Å². The highest BCUT2D eigenvalue weighted by molar-refractivity contribution is 5.81. The van der Waals surface area contributed by atoms with Gasteiger partial charge >= 0.3 is 6.09 Å². The SMILES string of the molecule is COc1cc(OC2CCN(C(=O)OC(C)(C)C)C2)ccc1-c1nc2c(C)nn(C3CCCCC3)c(=O)c2[nH]1. The number of amides is 1. The second kappa shape index (κ2) is 10.3. The second-order valence-electron chi connectivity index (χ2n) is 11.3. The molecule has 2 aromatic heterocycles. The van der Waals surface area contributed by atoms with Gasteiger partial charge in [-0.15, -0.1) is 0 Å². The van der Waals surface area contributed by atoms with E-state index in [0.29, 0.717) is 47.9 Å². The monoisotopic (exact) mass is 523 g/mol. The summed E-state index contributed by atoms with van der Waals surface area (Å²) in [7, 11) is 1.59.